The summed E-state index contributed by atoms with van der Waals surface area (Å²) in [6.07, 6.45) is 5.95. The molecule has 248 valence electrons. The number of aromatic nitrogens is 2. The van der Waals surface area contributed by atoms with Crippen molar-refractivity contribution in [3.8, 4) is 12.1 Å². The van der Waals surface area contributed by atoms with Crippen molar-refractivity contribution in [3.05, 3.63) is 47.2 Å². The standard InChI is InChI=1S/C35H48N6O5/c1-35(2,3)46-32(42)28-15-18-40(22-26(28)14-17-36)31-29-16-19-41(34(43)45-24-25-10-6-5-7-11-25)23-30(29)37-33(38-31)44-21-20-39(4)27-12-8-9-13-27/h5-7,10-11,26-28H,8-9,12-16,18-24H2,1-4H3/t26-,28?/m0/s1. The van der Waals surface area contributed by atoms with Gasteiger partial charge in [0.1, 0.15) is 24.6 Å². The van der Waals surface area contributed by atoms with Gasteiger partial charge in [-0.3, -0.25) is 4.79 Å². The van der Waals surface area contributed by atoms with Crippen LogP contribution in [-0.4, -0.2) is 83.3 Å². The molecule has 0 radical (unpaired) electrons. The van der Waals surface area contributed by atoms with Crippen molar-refractivity contribution in [2.24, 2.45) is 11.8 Å². The second kappa shape index (κ2) is 15.1. The van der Waals surface area contributed by atoms with Gasteiger partial charge in [0.05, 0.1) is 24.2 Å². The highest BCUT2D eigenvalue weighted by molar-refractivity contribution is 5.74. The average Bonchev–Trinajstić information content (AvgIpc) is 3.58. The van der Waals surface area contributed by atoms with Gasteiger partial charge < -0.3 is 28.9 Å². The second-order valence-electron chi connectivity index (χ2n) is 13.7. The summed E-state index contributed by atoms with van der Waals surface area (Å²) in [7, 11) is 2.14. The maximum atomic E-state index is 13.1. The van der Waals surface area contributed by atoms with Gasteiger partial charge in [-0.1, -0.05) is 43.2 Å². The lowest BCUT2D eigenvalue weighted by Crippen LogP contribution is -2.46. The highest BCUT2D eigenvalue weighted by Gasteiger charge is 2.39. The first-order valence-corrected chi connectivity index (χ1v) is 16.6. The zero-order valence-electron chi connectivity index (χ0n) is 27.7. The quantitative estimate of drug-likeness (QED) is 0.326. The van der Waals surface area contributed by atoms with E-state index in [0.717, 1.165) is 29.2 Å². The molecule has 2 atom stereocenters. The molecule has 11 heteroatoms. The van der Waals surface area contributed by atoms with Crippen molar-refractivity contribution in [2.75, 3.05) is 44.7 Å². The minimum absolute atomic E-state index is 0.198. The lowest BCUT2D eigenvalue weighted by Gasteiger charge is -2.39. The summed E-state index contributed by atoms with van der Waals surface area (Å²) in [4.78, 5) is 42.1. The zero-order chi connectivity index (χ0) is 32.7. The van der Waals surface area contributed by atoms with Gasteiger partial charge >= 0.3 is 18.1 Å². The number of hydrogen-bond donors (Lipinski definition) is 0. The Morgan fingerprint density at radius 1 is 1.09 bits per heavy atom. The molecular weight excluding hydrogens is 584 g/mol. The first-order valence-electron chi connectivity index (χ1n) is 16.6. The van der Waals surface area contributed by atoms with Gasteiger partial charge in [0.2, 0.25) is 0 Å². The maximum absolute atomic E-state index is 13.1. The number of esters is 1. The molecule has 3 heterocycles. The minimum atomic E-state index is -0.594. The lowest BCUT2D eigenvalue weighted by atomic mass is 9.83. The van der Waals surface area contributed by atoms with E-state index in [1.165, 1.54) is 25.7 Å². The Morgan fingerprint density at radius 2 is 1.85 bits per heavy atom. The number of nitrogens with zero attached hydrogens (tertiary/aromatic N) is 6. The molecule has 1 aromatic heterocycles. The fourth-order valence-corrected chi connectivity index (χ4v) is 6.73. The average molecular weight is 633 g/mol. The second-order valence-corrected chi connectivity index (χ2v) is 13.7. The van der Waals surface area contributed by atoms with Crippen LogP contribution < -0.4 is 9.64 Å². The van der Waals surface area contributed by atoms with Gasteiger partial charge in [-0.25, -0.2) is 4.79 Å². The molecule has 0 N–H and O–H groups in total. The Morgan fingerprint density at radius 3 is 2.57 bits per heavy atom. The topological polar surface area (TPSA) is 121 Å². The van der Waals surface area contributed by atoms with Crippen molar-refractivity contribution in [2.45, 2.75) is 90.5 Å². The van der Waals surface area contributed by atoms with Crippen LogP contribution in [0.1, 0.15) is 76.1 Å². The van der Waals surface area contributed by atoms with E-state index in [-0.39, 0.29) is 49.5 Å². The summed E-state index contributed by atoms with van der Waals surface area (Å²) in [6, 6.07) is 12.8. The maximum Gasteiger partial charge on any atom is 0.410 e. The predicted molar refractivity (Wildman–Crippen MR) is 173 cm³/mol. The number of ether oxygens (including phenoxy) is 3. The molecule has 2 fully saturated rings. The number of carbonyl (C=O) groups is 2. The van der Waals surface area contributed by atoms with Crippen LogP contribution in [0.5, 0.6) is 6.01 Å². The van der Waals surface area contributed by atoms with Crippen LogP contribution in [0.15, 0.2) is 30.3 Å². The largest absolute Gasteiger partial charge is 0.462 e. The van der Waals surface area contributed by atoms with Crippen LogP contribution in [0.25, 0.3) is 0 Å². The van der Waals surface area contributed by atoms with E-state index in [9.17, 15) is 14.9 Å². The zero-order valence-corrected chi connectivity index (χ0v) is 27.7. The van der Waals surface area contributed by atoms with Gasteiger partial charge in [-0.2, -0.15) is 15.2 Å². The van der Waals surface area contributed by atoms with E-state index >= 15 is 0 Å². The van der Waals surface area contributed by atoms with Crippen LogP contribution in [-0.2, 0) is 33.8 Å². The molecule has 0 spiro atoms. The highest BCUT2D eigenvalue weighted by atomic mass is 16.6. The van der Waals surface area contributed by atoms with Crippen LogP contribution in [0.3, 0.4) is 0 Å². The third kappa shape index (κ3) is 8.66. The number of piperidine rings is 1. The molecule has 1 aromatic carbocycles. The number of hydrogen-bond acceptors (Lipinski definition) is 10. The third-order valence-corrected chi connectivity index (χ3v) is 9.21. The van der Waals surface area contributed by atoms with E-state index in [4.69, 9.17) is 24.2 Å². The first-order chi connectivity index (χ1) is 22.1. The molecule has 5 rings (SSSR count). The van der Waals surface area contributed by atoms with E-state index in [1.807, 2.05) is 51.1 Å². The number of carbonyl (C=O) groups excluding carboxylic acids is 2. The molecule has 2 aromatic rings. The van der Waals surface area contributed by atoms with Crippen LogP contribution in [0, 0.1) is 23.2 Å². The Balaban J connectivity index is 1.34. The normalized spacial score (nSPS) is 20.3. The molecule has 1 unspecified atom stereocenters. The Hall–Kier alpha value is -3.91. The summed E-state index contributed by atoms with van der Waals surface area (Å²) in [5.74, 6) is -0.0505. The van der Waals surface area contributed by atoms with Crippen LogP contribution in [0.2, 0.25) is 0 Å². The molecule has 1 saturated heterocycles. The fraction of sp³-hybridized carbons (Fsp3) is 0.629. The molecule has 3 aliphatic rings. The van der Waals surface area contributed by atoms with E-state index in [2.05, 4.69) is 22.9 Å². The van der Waals surface area contributed by atoms with E-state index in [1.54, 1.807) is 4.90 Å². The molecular formula is C35H48N6O5. The number of likely N-dealkylation sites (N-methyl/N-ethyl adjacent to an activating group) is 1. The van der Waals surface area contributed by atoms with Gasteiger partial charge in [0, 0.05) is 50.1 Å². The summed E-state index contributed by atoms with van der Waals surface area (Å²) < 4.78 is 17.5. The molecule has 1 saturated carbocycles. The summed E-state index contributed by atoms with van der Waals surface area (Å²) in [5.41, 5.74) is 2.04. The van der Waals surface area contributed by atoms with Crippen LogP contribution in [0.4, 0.5) is 10.6 Å². The molecule has 2 aliphatic heterocycles. The smallest absolute Gasteiger partial charge is 0.410 e. The first kappa shape index (κ1) is 33.5. The lowest BCUT2D eigenvalue weighted by molar-refractivity contribution is -0.162. The molecule has 11 nitrogen and oxygen atoms in total. The Kier molecular flexibility index (Phi) is 11.0. The molecule has 1 aliphatic carbocycles. The fourth-order valence-electron chi connectivity index (χ4n) is 6.73. The Labute approximate surface area is 272 Å². The van der Waals surface area contributed by atoms with Gasteiger partial charge in [0.25, 0.3) is 0 Å². The van der Waals surface area contributed by atoms with E-state index in [0.29, 0.717) is 45.1 Å². The number of benzene rings is 1. The van der Waals surface area contributed by atoms with E-state index < -0.39 is 5.60 Å². The third-order valence-electron chi connectivity index (χ3n) is 9.21. The monoisotopic (exact) mass is 632 g/mol. The highest BCUT2D eigenvalue weighted by Crippen LogP contribution is 2.35. The summed E-state index contributed by atoms with van der Waals surface area (Å²) in [6.45, 7) is 8.84. The molecule has 1 amide bonds. The molecule has 0 bridgehead atoms. The summed E-state index contributed by atoms with van der Waals surface area (Å²) in [5, 5.41) is 9.64. The van der Waals surface area contributed by atoms with Gasteiger partial charge in [-0.05, 0) is 59.1 Å². The summed E-state index contributed by atoms with van der Waals surface area (Å²) >= 11 is 0. The number of anilines is 1. The minimum Gasteiger partial charge on any atom is -0.462 e. The van der Waals surface area contributed by atoms with Crippen molar-refractivity contribution < 1.29 is 23.8 Å². The van der Waals surface area contributed by atoms with Crippen molar-refractivity contribution in [1.29, 1.82) is 5.26 Å². The SMILES string of the molecule is CN(CCOc1nc2c(c(N3CCC(C(=O)OC(C)(C)C)[C@@H](CC#N)C3)n1)CCN(C(=O)OCc1ccccc1)C2)C1CCCC1. The van der Waals surface area contributed by atoms with Crippen molar-refractivity contribution in [1.82, 2.24) is 19.8 Å². The van der Waals surface area contributed by atoms with Gasteiger partial charge in [0.15, 0.2) is 0 Å². The molecule has 46 heavy (non-hydrogen) atoms. The van der Waals surface area contributed by atoms with Crippen molar-refractivity contribution >= 4 is 17.9 Å². The Bertz CT molecular complexity index is 1380. The predicted octanol–water partition coefficient (Wildman–Crippen LogP) is 5.12. The number of rotatable bonds is 10. The number of nitriles is 1. The van der Waals surface area contributed by atoms with Crippen molar-refractivity contribution in [3.63, 3.8) is 0 Å². The van der Waals surface area contributed by atoms with Crippen LogP contribution >= 0.6 is 0 Å². The number of fused-ring (bicyclic) bond motifs is 1. The van der Waals surface area contributed by atoms with Gasteiger partial charge in [-0.15, -0.1) is 0 Å². The number of amides is 1.